The summed E-state index contributed by atoms with van der Waals surface area (Å²) in [5.41, 5.74) is 3.04. The Morgan fingerprint density at radius 2 is 1.86 bits per heavy atom. The van der Waals surface area contributed by atoms with Gasteiger partial charge in [0.25, 0.3) is 5.69 Å². The summed E-state index contributed by atoms with van der Waals surface area (Å²) >= 11 is 3.56. The monoisotopic (exact) mass is 548 g/mol. The van der Waals surface area contributed by atoms with E-state index in [1.807, 2.05) is 30.5 Å². The minimum absolute atomic E-state index is 0.115. The zero-order valence-electron chi connectivity index (χ0n) is 19.7. The Kier molecular flexibility index (Phi) is 6.73. The van der Waals surface area contributed by atoms with Crippen LogP contribution in [-0.4, -0.2) is 26.3 Å². The zero-order valence-corrected chi connectivity index (χ0v) is 21.3. The maximum absolute atomic E-state index is 12.6. The predicted molar refractivity (Wildman–Crippen MR) is 142 cm³/mol. The maximum Gasteiger partial charge on any atom is 0.343 e. The minimum Gasteiger partial charge on any atom is -0.423 e. The number of anilines is 1. The van der Waals surface area contributed by atoms with Gasteiger partial charge in [-0.05, 0) is 78.2 Å². The highest BCUT2D eigenvalue weighted by Crippen LogP contribution is 2.33. The lowest BCUT2D eigenvalue weighted by Gasteiger charge is -2.24. The number of esters is 1. The molecule has 1 saturated carbocycles. The fourth-order valence-corrected chi connectivity index (χ4v) is 4.92. The fraction of sp³-hybridized carbons (Fsp3) is 0.259. The fourth-order valence-electron chi connectivity index (χ4n) is 4.58. The SMILES string of the molecule is Cc1ccc(C(=O)Oc2ccc(-c3nc4ccc(Br)cn4c3NC3CCCCC3)cc2)cc1[N+](=O)[O-]. The molecule has 0 aliphatic heterocycles. The van der Waals surface area contributed by atoms with Gasteiger partial charge in [-0.3, -0.25) is 14.5 Å². The molecule has 0 radical (unpaired) electrons. The summed E-state index contributed by atoms with van der Waals surface area (Å²) in [6.45, 7) is 1.63. The van der Waals surface area contributed by atoms with Crippen LogP contribution in [0.4, 0.5) is 11.5 Å². The molecule has 0 bridgehead atoms. The molecule has 0 atom stereocenters. The summed E-state index contributed by atoms with van der Waals surface area (Å²) in [4.78, 5) is 28.2. The molecule has 1 aliphatic carbocycles. The van der Waals surface area contributed by atoms with Crippen molar-refractivity contribution >= 4 is 39.1 Å². The summed E-state index contributed by atoms with van der Waals surface area (Å²) in [5, 5.41) is 14.9. The van der Waals surface area contributed by atoms with Crippen LogP contribution in [0.2, 0.25) is 0 Å². The summed E-state index contributed by atoms with van der Waals surface area (Å²) in [6.07, 6.45) is 7.99. The second-order valence-electron chi connectivity index (χ2n) is 9.04. The van der Waals surface area contributed by atoms with Gasteiger partial charge in [-0.15, -0.1) is 0 Å². The van der Waals surface area contributed by atoms with E-state index in [0.29, 0.717) is 17.4 Å². The third-order valence-electron chi connectivity index (χ3n) is 6.51. The number of pyridine rings is 1. The van der Waals surface area contributed by atoms with E-state index >= 15 is 0 Å². The van der Waals surface area contributed by atoms with Gasteiger partial charge in [0.1, 0.15) is 22.9 Å². The maximum atomic E-state index is 12.6. The number of imidazole rings is 1. The number of aromatic nitrogens is 2. The number of fused-ring (bicyclic) bond motifs is 1. The molecule has 2 aromatic heterocycles. The Bertz CT molecular complexity index is 1440. The van der Waals surface area contributed by atoms with Crippen LogP contribution in [0.25, 0.3) is 16.9 Å². The van der Waals surface area contributed by atoms with Crippen molar-refractivity contribution in [2.75, 3.05) is 5.32 Å². The summed E-state index contributed by atoms with van der Waals surface area (Å²) in [7, 11) is 0. The lowest BCUT2D eigenvalue weighted by atomic mass is 9.95. The standard InChI is InChI=1S/C27H25BrN4O4/c1-17-7-8-19(15-23(17)32(34)35)27(33)36-22-12-9-18(10-13-22)25-26(29-21-5-3-2-4-6-21)31-16-20(28)11-14-24(31)30-25/h7-16,21,29H,2-6H2,1H3. The van der Waals surface area contributed by atoms with Crippen molar-refractivity contribution in [3.63, 3.8) is 0 Å². The van der Waals surface area contributed by atoms with Crippen LogP contribution in [0.1, 0.15) is 48.0 Å². The number of rotatable bonds is 6. The van der Waals surface area contributed by atoms with E-state index in [2.05, 4.69) is 25.6 Å². The molecule has 2 aromatic carbocycles. The van der Waals surface area contributed by atoms with Crippen molar-refractivity contribution in [3.05, 3.63) is 86.5 Å². The smallest absolute Gasteiger partial charge is 0.343 e. The zero-order chi connectivity index (χ0) is 25.2. The van der Waals surface area contributed by atoms with Gasteiger partial charge in [-0.1, -0.05) is 25.3 Å². The largest absolute Gasteiger partial charge is 0.423 e. The van der Waals surface area contributed by atoms with Gasteiger partial charge in [-0.2, -0.15) is 0 Å². The molecule has 8 nitrogen and oxygen atoms in total. The first kappa shape index (κ1) is 24.0. The first-order valence-electron chi connectivity index (χ1n) is 11.9. The molecule has 0 spiro atoms. The number of hydrogen-bond donors (Lipinski definition) is 1. The number of nitrogens with one attached hydrogen (secondary N) is 1. The van der Waals surface area contributed by atoms with Crippen molar-refractivity contribution in [1.29, 1.82) is 0 Å². The van der Waals surface area contributed by atoms with Crippen molar-refractivity contribution in [1.82, 2.24) is 9.38 Å². The molecule has 1 N–H and O–H groups in total. The Morgan fingerprint density at radius 1 is 1.11 bits per heavy atom. The summed E-state index contributed by atoms with van der Waals surface area (Å²) < 4.78 is 8.51. The van der Waals surface area contributed by atoms with Gasteiger partial charge >= 0.3 is 5.97 Å². The molecule has 0 unspecified atom stereocenters. The molecule has 0 amide bonds. The number of benzene rings is 2. The second-order valence-corrected chi connectivity index (χ2v) is 9.95. The van der Waals surface area contributed by atoms with Gasteiger partial charge in [0.2, 0.25) is 0 Å². The van der Waals surface area contributed by atoms with E-state index < -0.39 is 10.9 Å². The highest BCUT2D eigenvalue weighted by atomic mass is 79.9. The first-order valence-corrected chi connectivity index (χ1v) is 12.7. The van der Waals surface area contributed by atoms with E-state index in [9.17, 15) is 14.9 Å². The number of nitro groups is 1. The number of halogens is 1. The summed E-state index contributed by atoms with van der Waals surface area (Å²) in [6, 6.07) is 15.8. The van der Waals surface area contributed by atoms with Crippen molar-refractivity contribution in [2.24, 2.45) is 0 Å². The molecule has 5 rings (SSSR count). The Morgan fingerprint density at radius 3 is 2.58 bits per heavy atom. The molecular formula is C27H25BrN4O4. The van der Waals surface area contributed by atoms with Crippen LogP contribution in [-0.2, 0) is 0 Å². The number of nitro benzene ring substituents is 1. The average molecular weight is 549 g/mol. The number of carbonyl (C=O) groups is 1. The molecule has 9 heteroatoms. The lowest BCUT2D eigenvalue weighted by molar-refractivity contribution is -0.385. The van der Waals surface area contributed by atoms with E-state index in [4.69, 9.17) is 9.72 Å². The second kappa shape index (κ2) is 10.1. The molecule has 4 aromatic rings. The molecule has 36 heavy (non-hydrogen) atoms. The molecule has 0 saturated heterocycles. The van der Waals surface area contributed by atoms with Gasteiger partial charge in [0.15, 0.2) is 0 Å². The van der Waals surface area contributed by atoms with Crippen LogP contribution in [0.5, 0.6) is 5.75 Å². The van der Waals surface area contributed by atoms with Crippen molar-refractivity contribution < 1.29 is 14.5 Å². The molecule has 1 aliphatic rings. The third kappa shape index (κ3) is 4.97. The molecule has 184 valence electrons. The first-order chi connectivity index (χ1) is 17.4. The van der Waals surface area contributed by atoms with Gasteiger partial charge in [0.05, 0.1) is 10.5 Å². The van der Waals surface area contributed by atoms with E-state index in [0.717, 1.165) is 40.0 Å². The predicted octanol–water partition coefficient (Wildman–Crippen LogP) is 6.94. The molecule has 1 fully saturated rings. The Balaban J connectivity index is 1.41. The number of carbonyl (C=O) groups excluding carboxylic acids is 1. The van der Waals surface area contributed by atoms with Crippen LogP contribution >= 0.6 is 15.9 Å². The van der Waals surface area contributed by atoms with E-state index in [1.165, 1.54) is 31.4 Å². The topological polar surface area (TPSA) is 98.8 Å². The van der Waals surface area contributed by atoms with Crippen LogP contribution in [0.3, 0.4) is 0 Å². The molecule has 2 heterocycles. The van der Waals surface area contributed by atoms with Gasteiger partial charge < -0.3 is 10.1 Å². The Hall–Kier alpha value is -3.72. The Labute approximate surface area is 216 Å². The van der Waals surface area contributed by atoms with Crippen LogP contribution in [0, 0.1) is 17.0 Å². The van der Waals surface area contributed by atoms with Crippen LogP contribution < -0.4 is 10.1 Å². The van der Waals surface area contributed by atoms with Crippen molar-refractivity contribution in [3.8, 4) is 17.0 Å². The average Bonchev–Trinajstić information content (AvgIpc) is 3.22. The lowest BCUT2D eigenvalue weighted by Crippen LogP contribution is -2.23. The highest BCUT2D eigenvalue weighted by molar-refractivity contribution is 9.10. The summed E-state index contributed by atoms with van der Waals surface area (Å²) in [5.74, 6) is 0.637. The van der Waals surface area contributed by atoms with Crippen LogP contribution in [0.15, 0.2) is 65.3 Å². The number of ether oxygens (including phenoxy) is 1. The van der Waals surface area contributed by atoms with Gasteiger partial charge in [0, 0.05) is 33.9 Å². The normalized spacial score (nSPS) is 14.1. The quantitative estimate of drug-likeness (QED) is 0.121. The van der Waals surface area contributed by atoms with Gasteiger partial charge in [-0.25, -0.2) is 9.78 Å². The third-order valence-corrected chi connectivity index (χ3v) is 6.98. The number of hydrogen-bond acceptors (Lipinski definition) is 6. The minimum atomic E-state index is -0.650. The highest BCUT2D eigenvalue weighted by Gasteiger charge is 2.21. The van der Waals surface area contributed by atoms with Crippen molar-refractivity contribution in [2.45, 2.75) is 45.1 Å². The number of nitrogens with zero attached hydrogens (tertiary/aromatic N) is 3. The number of aryl methyl sites for hydroxylation is 1. The van der Waals surface area contributed by atoms with E-state index in [1.54, 1.807) is 25.1 Å². The molecular weight excluding hydrogens is 524 g/mol. The van der Waals surface area contributed by atoms with E-state index in [-0.39, 0.29) is 11.3 Å².